The van der Waals surface area contributed by atoms with E-state index in [4.69, 9.17) is 4.74 Å². The van der Waals surface area contributed by atoms with Gasteiger partial charge < -0.3 is 10.1 Å². The second-order valence-corrected chi connectivity index (χ2v) is 6.47. The van der Waals surface area contributed by atoms with Crippen LogP contribution in [0.15, 0.2) is 0 Å². The van der Waals surface area contributed by atoms with Gasteiger partial charge in [0.05, 0.1) is 11.9 Å². The van der Waals surface area contributed by atoms with Gasteiger partial charge in [0.1, 0.15) is 0 Å². The average Bonchev–Trinajstić information content (AvgIpc) is 2.26. The van der Waals surface area contributed by atoms with Gasteiger partial charge in [-0.3, -0.25) is 0 Å². The molecule has 6 heteroatoms. The second kappa shape index (κ2) is 8.02. The molecule has 0 spiro atoms. The molecule has 0 radical (unpaired) electrons. The Bertz CT molecular complexity index is 293. The quantitative estimate of drug-likeness (QED) is 0.666. The van der Waals surface area contributed by atoms with Crippen LogP contribution in [0.1, 0.15) is 27.7 Å². The Morgan fingerprint density at radius 3 is 2.29 bits per heavy atom. The van der Waals surface area contributed by atoms with Gasteiger partial charge in [-0.25, -0.2) is 8.42 Å². The summed E-state index contributed by atoms with van der Waals surface area (Å²) in [6.45, 7) is 9.57. The standard InChI is InChI=1S/C11H26N2O3S/c1-6-12-8-11(4)17(14,15)13(7-2)10(3)9-16-5/h10-12H,6-9H2,1-5H3. The zero-order chi connectivity index (χ0) is 13.5. The number of hydrogen-bond acceptors (Lipinski definition) is 4. The second-order valence-electron chi connectivity index (χ2n) is 4.17. The van der Waals surface area contributed by atoms with Crippen LogP contribution in [0.2, 0.25) is 0 Å². The molecule has 0 aliphatic carbocycles. The van der Waals surface area contributed by atoms with Gasteiger partial charge in [-0.1, -0.05) is 13.8 Å². The van der Waals surface area contributed by atoms with Crippen molar-refractivity contribution in [2.45, 2.75) is 39.0 Å². The van der Waals surface area contributed by atoms with Crippen molar-refractivity contribution in [3.05, 3.63) is 0 Å². The van der Waals surface area contributed by atoms with Gasteiger partial charge in [0.2, 0.25) is 10.0 Å². The molecule has 0 aromatic rings. The van der Waals surface area contributed by atoms with Gasteiger partial charge >= 0.3 is 0 Å². The Hall–Kier alpha value is -0.170. The van der Waals surface area contributed by atoms with Crippen molar-refractivity contribution in [3.8, 4) is 0 Å². The first kappa shape index (κ1) is 16.8. The largest absolute Gasteiger partial charge is 0.383 e. The zero-order valence-electron chi connectivity index (χ0n) is 11.6. The summed E-state index contributed by atoms with van der Waals surface area (Å²) in [5.41, 5.74) is 0. The number of rotatable bonds is 9. The van der Waals surface area contributed by atoms with Crippen LogP contribution in [0.4, 0.5) is 0 Å². The molecule has 5 nitrogen and oxygen atoms in total. The molecule has 0 saturated heterocycles. The minimum atomic E-state index is -3.25. The molecule has 0 fully saturated rings. The lowest BCUT2D eigenvalue weighted by Gasteiger charge is -2.29. The van der Waals surface area contributed by atoms with Crippen molar-refractivity contribution in [2.24, 2.45) is 0 Å². The number of nitrogens with one attached hydrogen (secondary N) is 1. The molecule has 0 heterocycles. The molecule has 0 bridgehead atoms. The maximum absolute atomic E-state index is 12.3. The van der Waals surface area contributed by atoms with Crippen LogP contribution in [0.3, 0.4) is 0 Å². The Morgan fingerprint density at radius 1 is 1.29 bits per heavy atom. The van der Waals surface area contributed by atoms with Gasteiger partial charge in [0.25, 0.3) is 0 Å². The fraction of sp³-hybridized carbons (Fsp3) is 1.00. The van der Waals surface area contributed by atoms with Gasteiger partial charge in [0.15, 0.2) is 0 Å². The molecule has 1 N–H and O–H groups in total. The van der Waals surface area contributed by atoms with Crippen LogP contribution in [0.25, 0.3) is 0 Å². The summed E-state index contributed by atoms with van der Waals surface area (Å²) in [4.78, 5) is 0. The average molecular weight is 266 g/mol. The van der Waals surface area contributed by atoms with Gasteiger partial charge in [-0.2, -0.15) is 4.31 Å². The monoisotopic (exact) mass is 266 g/mol. The van der Waals surface area contributed by atoms with Gasteiger partial charge in [-0.05, 0) is 20.4 Å². The molecule has 0 aromatic heterocycles. The van der Waals surface area contributed by atoms with E-state index >= 15 is 0 Å². The molecular weight excluding hydrogens is 240 g/mol. The first-order valence-corrected chi connectivity index (χ1v) is 7.62. The predicted molar refractivity (Wildman–Crippen MR) is 70.6 cm³/mol. The lowest BCUT2D eigenvalue weighted by Crippen LogP contribution is -2.47. The van der Waals surface area contributed by atoms with Gasteiger partial charge in [0, 0.05) is 26.2 Å². The summed E-state index contributed by atoms with van der Waals surface area (Å²) in [5.74, 6) is 0. The molecule has 2 atom stereocenters. The maximum Gasteiger partial charge on any atom is 0.218 e. The van der Waals surface area contributed by atoms with Crippen molar-refractivity contribution >= 4 is 10.0 Å². The topological polar surface area (TPSA) is 58.6 Å². The molecular formula is C11H26N2O3S. The predicted octanol–water partition coefficient (Wildman–Crippen LogP) is 0.671. The van der Waals surface area contributed by atoms with E-state index in [1.54, 1.807) is 14.0 Å². The first-order chi connectivity index (χ1) is 7.91. The lowest BCUT2D eigenvalue weighted by atomic mass is 10.4. The highest BCUT2D eigenvalue weighted by atomic mass is 32.2. The van der Waals surface area contributed by atoms with E-state index in [9.17, 15) is 8.42 Å². The van der Waals surface area contributed by atoms with E-state index in [2.05, 4.69) is 5.32 Å². The van der Waals surface area contributed by atoms with E-state index in [1.807, 2.05) is 20.8 Å². The van der Waals surface area contributed by atoms with E-state index in [0.717, 1.165) is 6.54 Å². The molecule has 2 unspecified atom stereocenters. The van der Waals surface area contributed by atoms with E-state index in [-0.39, 0.29) is 6.04 Å². The summed E-state index contributed by atoms with van der Waals surface area (Å²) in [5, 5.41) is 2.65. The minimum Gasteiger partial charge on any atom is -0.383 e. The Labute approximate surface area is 106 Å². The SMILES string of the molecule is CCNCC(C)S(=O)(=O)N(CC)C(C)COC. The first-order valence-electron chi connectivity index (χ1n) is 6.12. The number of ether oxygens (including phenoxy) is 1. The van der Waals surface area contributed by atoms with E-state index < -0.39 is 15.3 Å². The third-order valence-corrected chi connectivity index (χ3v) is 5.18. The highest BCUT2D eigenvalue weighted by Crippen LogP contribution is 2.12. The van der Waals surface area contributed by atoms with Crippen molar-refractivity contribution < 1.29 is 13.2 Å². The molecule has 0 aromatic carbocycles. The summed E-state index contributed by atoms with van der Waals surface area (Å²) in [6.07, 6.45) is 0. The minimum absolute atomic E-state index is 0.126. The molecule has 17 heavy (non-hydrogen) atoms. The molecule has 0 amide bonds. The summed E-state index contributed by atoms with van der Waals surface area (Å²) < 4.78 is 31.2. The third-order valence-electron chi connectivity index (χ3n) is 2.73. The third kappa shape index (κ3) is 4.91. The van der Waals surface area contributed by atoms with Gasteiger partial charge in [-0.15, -0.1) is 0 Å². The van der Waals surface area contributed by atoms with Crippen molar-refractivity contribution in [3.63, 3.8) is 0 Å². The summed E-state index contributed by atoms with van der Waals surface area (Å²) in [6, 6.07) is -0.126. The lowest BCUT2D eigenvalue weighted by molar-refractivity contribution is 0.142. The number of methoxy groups -OCH3 is 1. The highest BCUT2D eigenvalue weighted by molar-refractivity contribution is 7.89. The number of nitrogens with zero attached hydrogens (tertiary/aromatic N) is 1. The molecule has 0 aliphatic rings. The smallest absolute Gasteiger partial charge is 0.218 e. The Kier molecular flexibility index (Phi) is 7.94. The number of hydrogen-bond donors (Lipinski definition) is 1. The molecule has 0 saturated carbocycles. The number of likely N-dealkylation sites (N-methyl/N-ethyl adjacent to an activating group) is 1. The van der Waals surface area contributed by atoms with Crippen LogP contribution in [-0.2, 0) is 14.8 Å². The molecule has 104 valence electrons. The van der Waals surface area contributed by atoms with Crippen LogP contribution >= 0.6 is 0 Å². The van der Waals surface area contributed by atoms with E-state index in [0.29, 0.717) is 19.7 Å². The molecule has 0 aliphatic heterocycles. The number of sulfonamides is 1. The normalized spacial score (nSPS) is 16.1. The maximum atomic E-state index is 12.3. The van der Waals surface area contributed by atoms with Crippen LogP contribution in [0.5, 0.6) is 0 Å². The Morgan fingerprint density at radius 2 is 1.88 bits per heavy atom. The van der Waals surface area contributed by atoms with Crippen LogP contribution < -0.4 is 5.32 Å². The highest BCUT2D eigenvalue weighted by Gasteiger charge is 2.30. The van der Waals surface area contributed by atoms with Crippen LogP contribution in [0, 0.1) is 0 Å². The van der Waals surface area contributed by atoms with Crippen molar-refractivity contribution in [1.29, 1.82) is 0 Å². The Balaban J connectivity index is 4.73. The van der Waals surface area contributed by atoms with E-state index in [1.165, 1.54) is 4.31 Å². The van der Waals surface area contributed by atoms with Crippen molar-refractivity contribution in [2.75, 3.05) is 33.4 Å². The molecule has 0 rings (SSSR count). The fourth-order valence-corrected chi connectivity index (χ4v) is 3.46. The van der Waals surface area contributed by atoms with Crippen LogP contribution in [-0.4, -0.2) is 57.4 Å². The summed E-state index contributed by atoms with van der Waals surface area (Å²) >= 11 is 0. The fourth-order valence-electron chi connectivity index (χ4n) is 1.75. The zero-order valence-corrected chi connectivity index (χ0v) is 12.4. The summed E-state index contributed by atoms with van der Waals surface area (Å²) in [7, 11) is -1.67. The van der Waals surface area contributed by atoms with Crippen molar-refractivity contribution in [1.82, 2.24) is 9.62 Å².